The molecule has 1 amide bonds. The molecule has 0 unspecified atom stereocenters. The lowest BCUT2D eigenvalue weighted by Gasteiger charge is -2.28. The molecule has 0 bridgehead atoms. The molecule has 1 saturated carbocycles. The molecule has 1 rings (SSSR count). The molecule has 1 fully saturated rings. The van der Waals surface area contributed by atoms with Crippen molar-refractivity contribution in [3.8, 4) is 0 Å². The van der Waals surface area contributed by atoms with Crippen LogP contribution in [0.4, 0.5) is 0 Å². The highest BCUT2D eigenvalue weighted by Gasteiger charge is 2.22. The van der Waals surface area contributed by atoms with Gasteiger partial charge in [-0.2, -0.15) is 11.8 Å². The van der Waals surface area contributed by atoms with Gasteiger partial charge in [0.05, 0.1) is 6.04 Å². The molecular weight excluding hydrogens is 208 g/mol. The number of thioether (sulfide) groups is 1. The molecule has 0 spiro atoms. The lowest BCUT2D eigenvalue weighted by atomic mass is 9.94. The number of hydrogen-bond acceptors (Lipinski definition) is 3. The van der Waals surface area contributed by atoms with Crippen molar-refractivity contribution >= 4 is 17.7 Å². The van der Waals surface area contributed by atoms with Crippen molar-refractivity contribution in [2.45, 2.75) is 56.4 Å². The highest BCUT2D eigenvalue weighted by molar-refractivity contribution is 7.99. The Labute approximate surface area is 96.6 Å². The van der Waals surface area contributed by atoms with Gasteiger partial charge in [0.2, 0.25) is 5.91 Å². The summed E-state index contributed by atoms with van der Waals surface area (Å²) in [6.07, 6.45) is 7.52. The maximum absolute atomic E-state index is 11.6. The first-order valence-electron chi connectivity index (χ1n) is 5.76. The van der Waals surface area contributed by atoms with Gasteiger partial charge in [-0.15, -0.1) is 0 Å². The van der Waals surface area contributed by atoms with Gasteiger partial charge in [0.15, 0.2) is 0 Å². The van der Waals surface area contributed by atoms with Crippen LogP contribution >= 0.6 is 11.8 Å². The molecule has 0 heterocycles. The van der Waals surface area contributed by atoms with Crippen LogP contribution in [0.15, 0.2) is 0 Å². The summed E-state index contributed by atoms with van der Waals surface area (Å²) in [6, 6.07) is 0.0294. The fourth-order valence-electron chi connectivity index (χ4n) is 1.94. The molecule has 0 aromatic heterocycles. The van der Waals surface area contributed by atoms with Crippen LogP contribution in [0.3, 0.4) is 0 Å². The van der Waals surface area contributed by atoms with E-state index in [1.165, 1.54) is 12.8 Å². The van der Waals surface area contributed by atoms with Gasteiger partial charge in [0.1, 0.15) is 0 Å². The second-order valence-electron chi connectivity index (χ2n) is 4.23. The van der Waals surface area contributed by atoms with Crippen LogP contribution in [0, 0.1) is 0 Å². The lowest BCUT2D eigenvalue weighted by Crippen LogP contribution is -2.46. The maximum Gasteiger partial charge on any atom is 0.237 e. The monoisotopic (exact) mass is 230 g/mol. The maximum atomic E-state index is 11.6. The van der Waals surface area contributed by atoms with Crippen LogP contribution in [0.25, 0.3) is 0 Å². The predicted octanol–water partition coefficient (Wildman–Crippen LogP) is 1.51. The van der Waals surface area contributed by atoms with Gasteiger partial charge in [-0.3, -0.25) is 4.79 Å². The molecule has 0 saturated heterocycles. The van der Waals surface area contributed by atoms with E-state index >= 15 is 0 Å². The number of carbonyl (C=O) groups excluding carboxylic acids is 1. The van der Waals surface area contributed by atoms with E-state index in [0.717, 1.165) is 18.1 Å². The fourth-order valence-corrected chi connectivity index (χ4v) is 2.68. The number of nitrogens with two attached hydrogens (primary N) is 1. The van der Waals surface area contributed by atoms with E-state index in [0.29, 0.717) is 12.5 Å². The van der Waals surface area contributed by atoms with Gasteiger partial charge < -0.3 is 11.1 Å². The van der Waals surface area contributed by atoms with E-state index in [-0.39, 0.29) is 11.9 Å². The van der Waals surface area contributed by atoms with E-state index < -0.39 is 0 Å². The van der Waals surface area contributed by atoms with Crippen molar-refractivity contribution in [2.24, 2.45) is 5.73 Å². The minimum absolute atomic E-state index is 0.0186. The van der Waals surface area contributed by atoms with Crippen LogP contribution in [0.5, 0.6) is 0 Å². The Bertz CT molecular complexity index is 203. The molecular formula is C11H22N2OS. The van der Waals surface area contributed by atoms with Crippen molar-refractivity contribution in [3.05, 3.63) is 0 Å². The summed E-state index contributed by atoms with van der Waals surface area (Å²) in [4.78, 5) is 11.6. The molecule has 3 nitrogen and oxygen atoms in total. The van der Waals surface area contributed by atoms with Gasteiger partial charge in [-0.25, -0.2) is 0 Å². The average Bonchev–Trinajstić information content (AvgIpc) is 2.29. The topological polar surface area (TPSA) is 55.1 Å². The van der Waals surface area contributed by atoms with Gasteiger partial charge in [-0.05, 0) is 38.4 Å². The molecule has 1 atom stereocenters. The van der Waals surface area contributed by atoms with E-state index in [4.69, 9.17) is 5.73 Å². The Balaban J connectivity index is 2.26. The zero-order chi connectivity index (χ0) is 11.3. The van der Waals surface area contributed by atoms with Gasteiger partial charge in [-0.1, -0.05) is 6.92 Å². The van der Waals surface area contributed by atoms with Crippen LogP contribution in [-0.4, -0.2) is 29.5 Å². The molecule has 1 aliphatic carbocycles. The summed E-state index contributed by atoms with van der Waals surface area (Å²) in [6.45, 7) is 1.94. The highest BCUT2D eigenvalue weighted by atomic mass is 32.2. The van der Waals surface area contributed by atoms with Crippen LogP contribution in [0.1, 0.15) is 39.0 Å². The molecule has 4 heteroatoms. The molecule has 0 aromatic carbocycles. The largest absolute Gasteiger partial charge is 0.352 e. The van der Waals surface area contributed by atoms with Gasteiger partial charge in [0.25, 0.3) is 0 Å². The Kier molecular flexibility index (Phi) is 5.47. The minimum atomic E-state index is -0.330. The van der Waals surface area contributed by atoms with E-state index in [1.807, 2.05) is 18.7 Å². The standard InChI is InChI=1S/C11H22N2OS/c1-3-10(12)11(14)13-8-4-6-9(15-2)7-5-8/h8-10H,3-7,12H2,1-2H3,(H,13,14)/t8?,9?,10-/m1/s1. The van der Waals surface area contributed by atoms with E-state index in [2.05, 4.69) is 11.6 Å². The zero-order valence-electron chi connectivity index (χ0n) is 9.66. The first-order chi connectivity index (χ1) is 7.17. The van der Waals surface area contributed by atoms with Crippen LogP contribution in [-0.2, 0) is 4.79 Å². The second-order valence-corrected chi connectivity index (χ2v) is 5.37. The SMILES string of the molecule is CC[C@@H](N)C(=O)NC1CCC(SC)CC1. The number of carbonyl (C=O) groups is 1. The predicted molar refractivity (Wildman–Crippen MR) is 66.0 cm³/mol. The summed E-state index contributed by atoms with van der Waals surface area (Å²) >= 11 is 1.94. The number of nitrogens with one attached hydrogen (secondary N) is 1. The van der Waals surface area contributed by atoms with Gasteiger partial charge in [0, 0.05) is 11.3 Å². The Hall–Kier alpha value is -0.220. The average molecular weight is 230 g/mol. The quantitative estimate of drug-likeness (QED) is 0.770. The highest BCUT2D eigenvalue weighted by Crippen LogP contribution is 2.26. The first-order valence-corrected chi connectivity index (χ1v) is 7.05. The molecule has 0 aromatic rings. The molecule has 15 heavy (non-hydrogen) atoms. The first kappa shape index (κ1) is 12.8. The Morgan fingerprint density at radius 1 is 1.47 bits per heavy atom. The Morgan fingerprint density at radius 3 is 2.53 bits per heavy atom. The zero-order valence-corrected chi connectivity index (χ0v) is 10.5. The van der Waals surface area contributed by atoms with Crippen LogP contribution < -0.4 is 11.1 Å². The lowest BCUT2D eigenvalue weighted by molar-refractivity contribution is -0.123. The number of hydrogen-bond donors (Lipinski definition) is 2. The number of amides is 1. The summed E-state index contributed by atoms with van der Waals surface area (Å²) in [7, 11) is 0. The van der Waals surface area contributed by atoms with Crippen molar-refractivity contribution < 1.29 is 4.79 Å². The second kappa shape index (κ2) is 6.38. The third kappa shape index (κ3) is 4.03. The summed E-state index contributed by atoms with van der Waals surface area (Å²) in [5.41, 5.74) is 5.67. The molecule has 0 aliphatic heterocycles. The number of rotatable bonds is 4. The van der Waals surface area contributed by atoms with Crippen LogP contribution in [0.2, 0.25) is 0 Å². The fraction of sp³-hybridized carbons (Fsp3) is 0.909. The molecule has 0 radical (unpaired) electrons. The molecule has 3 N–H and O–H groups in total. The Morgan fingerprint density at radius 2 is 2.07 bits per heavy atom. The smallest absolute Gasteiger partial charge is 0.237 e. The summed E-state index contributed by atoms with van der Waals surface area (Å²) < 4.78 is 0. The molecule has 1 aliphatic rings. The van der Waals surface area contributed by atoms with Gasteiger partial charge >= 0.3 is 0 Å². The van der Waals surface area contributed by atoms with E-state index in [9.17, 15) is 4.79 Å². The third-order valence-electron chi connectivity index (χ3n) is 3.13. The molecule has 88 valence electrons. The van der Waals surface area contributed by atoms with E-state index in [1.54, 1.807) is 0 Å². The third-order valence-corrected chi connectivity index (χ3v) is 4.27. The van der Waals surface area contributed by atoms with Crippen molar-refractivity contribution in [1.29, 1.82) is 0 Å². The minimum Gasteiger partial charge on any atom is -0.352 e. The van der Waals surface area contributed by atoms with Crippen molar-refractivity contribution in [1.82, 2.24) is 5.32 Å². The van der Waals surface area contributed by atoms with Crippen molar-refractivity contribution in [3.63, 3.8) is 0 Å². The van der Waals surface area contributed by atoms with Crippen molar-refractivity contribution in [2.75, 3.05) is 6.26 Å². The summed E-state index contributed by atoms with van der Waals surface area (Å²) in [5.74, 6) is 0.0186. The normalized spacial score (nSPS) is 28.5. The summed E-state index contributed by atoms with van der Waals surface area (Å²) in [5, 5.41) is 3.83.